The van der Waals surface area contributed by atoms with Crippen LogP contribution in [0, 0.1) is 0 Å². The van der Waals surface area contributed by atoms with E-state index >= 15 is 0 Å². The second kappa shape index (κ2) is 8.11. The third kappa shape index (κ3) is 4.87. The maximum atomic E-state index is 12.8. The lowest BCUT2D eigenvalue weighted by Crippen LogP contribution is -2.30. The van der Waals surface area contributed by atoms with Crippen LogP contribution in [0.5, 0.6) is 0 Å². The normalized spacial score (nSPS) is 14.3. The summed E-state index contributed by atoms with van der Waals surface area (Å²) >= 11 is 0. The molecule has 142 valence electrons. The highest BCUT2D eigenvalue weighted by Crippen LogP contribution is 2.30. The Morgan fingerprint density at radius 3 is 2.44 bits per heavy atom. The monoisotopic (exact) mass is 373 g/mol. The molecule has 0 amide bonds. The number of fused-ring (bicyclic) bond motifs is 1. The first-order valence-electron chi connectivity index (χ1n) is 8.90. The van der Waals surface area contributed by atoms with Crippen molar-refractivity contribution < 1.29 is 18.3 Å². The molecule has 27 heavy (non-hydrogen) atoms. The van der Waals surface area contributed by atoms with E-state index in [0.29, 0.717) is 12.1 Å². The van der Waals surface area contributed by atoms with Crippen molar-refractivity contribution in [2.24, 2.45) is 0 Å². The Kier molecular flexibility index (Phi) is 5.82. The molecule has 0 aliphatic rings. The summed E-state index contributed by atoms with van der Waals surface area (Å²) in [6.07, 6.45) is -4.98. The molecule has 0 spiro atoms. The van der Waals surface area contributed by atoms with Crippen LogP contribution in [0.3, 0.4) is 0 Å². The summed E-state index contributed by atoms with van der Waals surface area (Å²) in [5.74, 6) is 0. The van der Waals surface area contributed by atoms with E-state index in [9.17, 15) is 18.3 Å². The predicted octanol–water partition coefficient (Wildman–Crippen LogP) is 5.11. The zero-order valence-corrected chi connectivity index (χ0v) is 15.0. The number of rotatable bonds is 6. The van der Waals surface area contributed by atoms with Crippen LogP contribution in [0.2, 0.25) is 0 Å². The second-order valence-electron chi connectivity index (χ2n) is 6.75. The Labute approximate surface area is 156 Å². The molecule has 0 bridgehead atoms. The van der Waals surface area contributed by atoms with Crippen molar-refractivity contribution in [1.82, 2.24) is 5.32 Å². The number of hydrogen-bond donors (Lipinski definition) is 2. The van der Waals surface area contributed by atoms with Crippen molar-refractivity contribution >= 4 is 10.8 Å². The molecule has 1 unspecified atom stereocenters. The topological polar surface area (TPSA) is 32.3 Å². The van der Waals surface area contributed by atoms with Crippen LogP contribution in [0.25, 0.3) is 10.8 Å². The minimum Gasteiger partial charge on any atom is -0.391 e. The van der Waals surface area contributed by atoms with Gasteiger partial charge in [-0.15, -0.1) is 0 Å². The van der Waals surface area contributed by atoms with Gasteiger partial charge in [-0.2, -0.15) is 13.2 Å². The molecule has 2 N–H and O–H groups in total. The Hall–Kier alpha value is -2.37. The predicted molar refractivity (Wildman–Crippen MR) is 102 cm³/mol. The molecular weight excluding hydrogens is 351 g/mol. The van der Waals surface area contributed by atoms with Gasteiger partial charge in [0.1, 0.15) is 0 Å². The fraction of sp³-hybridized carbons (Fsp3) is 0.273. The molecule has 3 aromatic carbocycles. The number of aliphatic hydroxyl groups is 1. The van der Waals surface area contributed by atoms with Gasteiger partial charge in [-0.25, -0.2) is 0 Å². The number of halogens is 3. The van der Waals surface area contributed by atoms with Gasteiger partial charge < -0.3 is 10.4 Å². The van der Waals surface area contributed by atoms with Gasteiger partial charge in [-0.3, -0.25) is 0 Å². The summed E-state index contributed by atoms with van der Waals surface area (Å²) in [7, 11) is 0. The average molecular weight is 373 g/mol. The third-order valence-electron chi connectivity index (χ3n) is 4.68. The zero-order chi connectivity index (χ0) is 19.4. The van der Waals surface area contributed by atoms with Gasteiger partial charge in [-0.05, 0) is 41.3 Å². The average Bonchev–Trinajstić information content (AvgIpc) is 2.65. The summed E-state index contributed by atoms with van der Waals surface area (Å²) in [6.45, 7) is 2.30. The first-order valence-corrected chi connectivity index (χ1v) is 8.90. The zero-order valence-electron chi connectivity index (χ0n) is 15.0. The lowest BCUT2D eigenvalue weighted by molar-refractivity contribution is -0.137. The molecular formula is C22H22F3NO. The van der Waals surface area contributed by atoms with Crippen molar-refractivity contribution in [2.45, 2.75) is 31.7 Å². The van der Waals surface area contributed by atoms with Crippen molar-refractivity contribution in [1.29, 1.82) is 0 Å². The fourth-order valence-electron chi connectivity index (χ4n) is 3.27. The van der Waals surface area contributed by atoms with Crippen LogP contribution >= 0.6 is 0 Å². The quantitative estimate of drug-likeness (QED) is 0.629. The molecule has 5 heteroatoms. The molecule has 0 aliphatic heterocycles. The number of nitrogens with one attached hydrogen (secondary N) is 1. The maximum absolute atomic E-state index is 12.8. The van der Waals surface area contributed by atoms with Crippen LogP contribution < -0.4 is 5.32 Å². The molecule has 0 fully saturated rings. The highest BCUT2D eigenvalue weighted by molar-refractivity contribution is 5.86. The van der Waals surface area contributed by atoms with E-state index in [2.05, 4.69) is 11.4 Å². The van der Waals surface area contributed by atoms with E-state index in [1.54, 1.807) is 6.07 Å². The Morgan fingerprint density at radius 1 is 0.963 bits per heavy atom. The van der Waals surface area contributed by atoms with E-state index in [1.165, 1.54) is 6.07 Å². The number of benzene rings is 3. The van der Waals surface area contributed by atoms with Crippen LogP contribution in [-0.2, 0) is 12.6 Å². The van der Waals surface area contributed by atoms with Crippen LogP contribution in [0.1, 0.15) is 29.7 Å². The van der Waals surface area contributed by atoms with Gasteiger partial charge >= 0.3 is 6.18 Å². The first kappa shape index (κ1) is 19.4. The van der Waals surface area contributed by atoms with Gasteiger partial charge in [0.2, 0.25) is 0 Å². The van der Waals surface area contributed by atoms with Gasteiger partial charge in [0.05, 0.1) is 11.7 Å². The van der Waals surface area contributed by atoms with E-state index in [0.717, 1.165) is 28.5 Å². The lowest BCUT2D eigenvalue weighted by Gasteiger charge is -2.19. The van der Waals surface area contributed by atoms with E-state index in [-0.39, 0.29) is 12.5 Å². The first-order chi connectivity index (χ1) is 12.8. The lowest BCUT2D eigenvalue weighted by atomic mass is 9.99. The van der Waals surface area contributed by atoms with Crippen molar-refractivity contribution in [2.75, 3.05) is 6.54 Å². The minimum absolute atomic E-state index is 0.00672. The Balaban J connectivity index is 1.63. The largest absolute Gasteiger partial charge is 0.416 e. The third-order valence-corrected chi connectivity index (χ3v) is 4.68. The molecule has 3 rings (SSSR count). The number of hydrogen-bond acceptors (Lipinski definition) is 2. The number of alkyl halides is 3. The second-order valence-corrected chi connectivity index (χ2v) is 6.75. The molecule has 0 heterocycles. The Morgan fingerprint density at radius 2 is 1.67 bits per heavy atom. The summed E-state index contributed by atoms with van der Waals surface area (Å²) in [6, 6.07) is 19.3. The Bertz CT molecular complexity index is 902. The van der Waals surface area contributed by atoms with E-state index < -0.39 is 17.8 Å². The molecule has 0 saturated carbocycles. The molecule has 0 aromatic heterocycles. The van der Waals surface area contributed by atoms with Gasteiger partial charge in [0, 0.05) is 12.6 Å². The highest BCUT2D eigenvalue weighted by atomic mass is 19.4. The van der Waals surface area contributed by atoms with E-state index in [4.69, 9.17) is 0 Å². The summed E-state index contributed by atoms with van der Waals surface area (Å²) in [4.78, 5) is 0. The molecule has 0 aliphatic carbocycles. The highest BCUT2D eigenvalue weighted by Gasteiger charge is 2.30. The fourth-order valence-corrected chi connectivity index (χ4v) is 3.27. The van der Waals surface area contributed by atoms with Gasteiger partial charge in [0.15, 0.2) is 0 Å². The van der Waals surface area contributed by atoms with Crippen molar-refractivity contribution in [3.63, 3.8) is 0 Å². The van der Waals surface area contributed by atoms with Crippen molar-refractivity contribution in [3.05, 3.63) is 83.4 Å². The van der Waals surface area contributed by atoms with Crippen LogP contribution in [0.4, 0.5) is 13.2 Å². The minimum atomic E-state index is -4.37. The SMILES string of the molecule is C[C@@H](NCC(O)Cc1cccc(C(F)(F)F)c1)c1cccc2ccccc12. The van der Waals surface area contributed by atoms with Crippen molar-refractivity contribution in [3.8, 4) is 0 Å². The van der Waals surface area contributed by atoms with Gasteiger partial charge in [0.25, 0.3) is 0 Å². The van der Waals surface area contributed by atoms with Gasteiger partial charge in [-0.1, -0.05) is 60.7 Å². The number of aliphatic hydroxyl groups excluding tert-OH is 1. The van der Waals surface area contributed by atoms with E-state index in [1.807, 2.05) is 43.3 Å². The van der Waals surface area contributed by atoms with Crippen LogP contribution in [-0.4, -0.2) is 17.8 Å². The maximum Gasteiger partial charge on any atom is 0.416 e. The molecule has 0 radical (unpaired) electrons. The smallest absolute Gasteiger partial charge is 0.391 e. The summed E-state index contributed by atoms with van der Waals surface area (Å²) in [5, 5.41) is 15.8. The summed E-state index contributed by atoms with van der Waals surface area (Å²) < 4.78 is 38.4. The summed E-state index contributed by atoms with van der Waals surface area (Å²) in [5.41, 5.74) is 0.903. The molecule has 0 saturated heterocycles. The molecule has 2 atom stereocenters. The van der Waals surface area contributed by atoms with Crippen LogP contribution in [0.15, 0.2) is 66.7 Å². The molecule has 3 aromatic rings. The molecule has 2 nitrogen and oxygen atoms in total. The standard InChI is InChI=1S/C22H22F3NO/c1-15(20-11-5-8-17-7-2-3-10-21(17)20)26-14-19(27)13-16-6-4-9-18(12-16)22(23,24)25/h2-12,15,19,26-27H,13-14H2,1H3/t15-,19?/m1/s1.